The number of benzene rings is 2. The molecule has 5 rings (SSSR count). The highest BCUT2D eigenvalue weighted by atomic mass is 79.9. The minimum atomic E-state index is -0.460. The first kappa shape index (κ1) is 18.4. The van der Waals surface area contributed by atoms with Gasteiger partial charge < -0.3 is 14.8 Å². The lowest BCUT2D eigenvalue weighted by atomic mass is 9.86. The van der Waals surface area contributed by atoms with E-state index in [2.05, 4.69) is 33.0 Å². The van der Waals surface area contributed by atoms with Crippen molar-refractivity contribution in [3.63, 3.8) is 0 Å². The first-order valence-electron chi connectivity index (χ1n) is 10.0. The van der Waals surface area contributed by atoms with E-state index in [0.717, 1.165) is 38.6 Å². The van der Waals surface area contributed by atoms with Gasteiger partial charge in [-0.2, -0.15) is 0 Å². The molecule has 2 amide bonds. The molecule has 2 atom stereocenters. The third-order valence-corrected chi connectivity index (χ3v) is 6.49. The quantitative estimate of drug-likeness (QED) is 0.653. The minimum Gasteiger partial charge on any atom is -0.356 e. The van der Waals surface area contributed by atoms with E-state index >= 15 is 0 Å². The predicted molar refractivity (Wildman–Crippen MR) is 115 cm³/mol. The number of hydrogen-bond donors (Lipinski definition) is 1. The Bertz CT molecular complexity index is 1120. The van der Waals surface area contributed by atoms with Crippen molar-refractivity contribution in [2.24, 2.45) is 0 Å². The molecule has 3 heterocycles. The Kier molecular flexibility index (Phi) is 4.46. The Labute approximate surface area is 177 Å². The Morgan fingerprint density at radius 1 is 1.14 bits per heavy atom. The lowest BCUT2D eigenvalue weighted by Gasteiger charge is -2.47. The molecule has 1 fully saturated rings. The molecule has 1 aromatic heterocycles. The fourth-order valence-corrected chi connectivity index (χ4v) is 5.22. The molecule has 0 saturated carbocycles. The third kappa shape index (κ3) is 2.89. The van der Waals surface area contributed by atoms with Gasteiger partial charge in [0.05, 0.1) is 12.6 Å². The van der Waals surface area contributed by atoms with E-state index < -0.39 is 6.04 Å². The van der Waals surface area contributed by atoms with Gasteiger partial charge in [-0.3, -0.25) is 9.59 Å². The number of aromatic nitrogens is 1. The Morgan fingerprint density at radius 3 is 2.76 bits per heavy atom. The van der Waals surface area contributed by atoms with Crippen molar-refractivity contribution in [1.29, 1.82) is 0 Å². The van der Waals surface area contributed by atoms with E-state index in [-0.39, 0.29) is 24.4 Å². The largest absolute Gasteiger partial charge is 0.356 e. The summed E-state index contributed by atoms with van der Waals surface area (Å²) < 4.78 is 0.957. The van der Waals surface area contributed by atoms with Crippen LogP contribution in [0.25, 0.3) is 10.9 Å². The maximum atomic E-state index is 13.3. The second kappa shape index (κ2) is 7.02. The maximum Gasteiger partial charge on any atom is 0.246 e. The van der Waals surface area contributed by atoms with E-state index in [4.69, 9.17) is 0 Å². The van der Waals surface area contributed by atoms with Gasteiger partial charge in [0, 0.05) is 34.0 Å². The van der Waals surface area contributed by atoms with E-state index in [1.54, 1.807) is 4.90 Å². The molecular formula is C23H22BrN3O2. The molecule has 2 aliphatic heterocycles. The monoisotopic (exact) mass is 451 g/mol. The topological polar surface area (TPSA) is 56.4 Å². The van der Waals surface area contributed by atoms with E-state index in [9.17, 15) is 9.59 Å². The van der Waals surface area contributed by atoms with Gasteiger partial charge in [-0.1, -0.05) is 53.2 Å². The van der Waals surface area contributed by atoms with Crippen molar-refractivity contribution in [3.05, 3.63) is 69.8 Å². The van der Waals surface area contributed by atoms with Gasteiger partial charge in [0.25, 0.3) is 0 Å². The van der Waals surface area contributed by atoms with Crippen molar-refractivity contribution in [3.8, 4) is 0 Å². The summed E-state index contributed by atoms with van der Waals surface area (Å²) in [6, 6.07) is 15.4. The number of aromatic amines is 1. The highest BCUT2D eigenvalue weighted by molar-refractivity contribution is 9.10. The number of halogens is 1. The van der Waals surface area contributed by atoms with Gasteiger partial charge in [0.2, 0.25) is 11.8 Å². The Morgan fingerprint density at radius 2 is 1.97 bits per heavy atom. The van der Waals surface area contributed by atoms with Crippen molar-refractivity contribution in [2.75, 3.05) is 13.1 Å². The van der Waals surface area contributed by atoms with E-state index in [1.165, 1.54) is 0 Å². The number of para-hydroxylation sites is 1. The summed E-state index contributed by atoms with van der Waals surface area (Å²) in [6.45, 7) is 2.81. The molecule has 0 spiro atoms. The lowest BCUT2D eigenvalue weighted by Crippen LogP contribution is -2.63. The first-order valence-corrected chi connectivity index (χ1v) is 10.8. The third-order valence-electron chi connectivity index (χ3n) is 6.00. The number of amides is 2. The number of rotatable bonds is 3. The normalized spacial score (nSPS) is 21.4. The number of nitrogens with zero attached hydrogens (tertiary/aromatic N) is 2. The highest BCUT2D eigenvalue weighted by Gasteiger charge is 2.47. The van der Waals surface area contributed by atoms with Gasteiger partial charge in [-0.25, -0.2) is 0 Å². The number of carbonyl (C=O) groups excluding carboxylic acids is 2. The number of nitrogens with one attached hydrogen (secondary N) is 1. The van der Waals surface area contributed by atoms with Crippen LogP contribution in [0.1, 0.15) is 36.2 Å². The molecule has 0 aliphatic carbocycles. The molecule has 1 saturated heterocycles. The van der Waals surface area contributed by atoms with E-state index in [0.29, 0.717) is 13.0 Å². The van der Waals surface area contributed by atoms with Crippen molar-refractivity contribution in [1.82, 2.24) is 14.8 Å². The van der Waals surface area contributed by atoms with Crippen LogP contribution < -0.4 is 0 Å². The minimum absolute atomic E-state index is 0.0114. The van der Waals surface area contributed by atoms with Crippen LogP contribution in [0.4, 0.5) is 0 Å². The summed E-state index contributed by atoms with van der Waals surface area (Å²) in [5, 5.41) is 1.13. The van der Waals surface area contributed by atoms with Crippen molar-refractivity contribution >= 4 is 38.6 Å². The SMILES string of the molecule is CCCN1CC(=O)N2C(Cc3c([nH]c4ccccc34)C2c2cccc(Br)c2)C1=O. The molecule has 6 heteroatoms. The molecule has 1 N–H and O–H groups in total. The van der Waals surface area contributed by atoms with Crippen LogP contribution in [-0.4, -0.2) is 45.7 Å². The zero-order chi connectivity index (χ0) is 20.1. The van der Waals surface area contributed by atoms with Crippen LogP contribution in [-0.2, 0) is 16.0 Å². The summed E-state index contributed by atoms with van der Waals surface area (Å²) >= 11 is 3.56. The number of H-pyrrole nitrogens is 1. The number of carbonyl (C=O) groups is 2. The van der Waals surface area contributed by atoms with Gasteiger partial charge in [-0.05, 0) is 35.7 Å². The average Bonchev–Trinajstić information content (AvgIpc) is 3.09. The van der Waals surface area contributed by atoms with Crippen LogP contribution in [0.5, 0.6) is 0 Å². The fraction of sp³-hybridized carbons (Fsp3) is 0.304. The Hall–Kier alpha value is -2.60. The molecule has 2 unspecified atom stereocenters. The molecule has 2 aliphatic rings. The zero-order valence-electron chi connectivity index (χ0n) is 16.2. The highest BCUT2D eigenvalue weighted by Crippen LogP contribution is 2.42. The number of fused-ring (bicyclic) bond motifs is 4. The number of piperazine rings is 1. The molecule has 5 nitrogen and oxygen atoms in total. The maximum absolute atomic E-state index is 13.3. The van der Waals surface area contributed by atoms with E-state index in [1.807, 2.05) is 48.2 Å². The molecule has 0 bridgehead atoms. The standard InChI is InChI=1S/C23H22BrN3O2/c1-2-10-26-13-20(28)27-19(23(26)29)12-17-16-8-3-4-9-18(16)25-21(17)22(27)14-6-5-7-15(24)11-14/h3-9,11,19,22,25H,2,10,12-13H2,1H3. The van der Waals surface area contributed by atoms with Gasteiger partial charge in [0.15, 0.2) is 0 Å². The van der Waals surface area contributed by atoms with Crippen molar-refractivity contribution in [2.45, 2.75) is 31.8 Å². The summed E-state index contributed by atoms with van der Waals surface area (Å²) in [5.74, 6) is 0.0692. The van der Waals surface area contributed by atoms with Crippen LogP contribution in [0.15, 0.2) is 53.0 Å². The van der Waals surface area contributed by atoms with Gasteiger partial charge >= 0.3 is 0 Å². The molecule has 2 aromatic carbocycles. The van der Waals surface area contributed by atoms with Gasteiger partial charge in [0.1, 0.15) is 6.04 Å². The summed E-state index contributed by atoms with van der Waals surface area (Å²) in [5.41, 5.74) is 4.21. The summed E-state index contributed by atoms with van der Waals surface area (Å²) in [7, 11) is 0. The zero-order valence-corrected chi connectivity index (χ0v) is 17.8. The predicted octanol–water partition coefficient (Wildman–Crippen LogP) is 4.03. The average molecular weight is 452 g/mol. The molecule has 0 radical (unpaired) electrons. The first-order chi connectivity index (χ1) is 14.1. The van der Waals surface area contributed by atoms with Crippen LogP contribution in [0.3, 0.4) is 0 Å². The van der Waals surface area contributed by atoms with Crippen LogP contribution in [0, 0.1) is 0 Å². The molecule has 3 aromatic rings. The van der Waals surface area contributed by atoms with Crippen LogP contribution >= 0.6 is 15.9 Å². The smallest absolute Gasteiger partial charge is 0.246 e. The van der Waals surface area contributed by atoms with Gasteiger partial charge in [-0.15, -0.1) is 0 Å². The second-order valence-corrected chi connectivity index (χ2v) is 8.72. The summed E-state index contributed by atoms with van der Waals surface area (Å²) in [4.78, 5) is 33.7. The summed E-state index contributed by atoms with van der Waals surface area (Å²) in [6.07, 6.45) is 1.40. The lowest BCUT2D eigenvalue weighted by molar-refractivity contribution is -0.158. The number of hydrogen-bond acceptors (Lipinski definition) is 2. The second-order valence-electron chi connectivity index (χ2n) is 7.80. The molecular weight excluding hydrogens is 430 g/mol. The molecule has 148 valence electrons. The molecule has 29 heavy (non-hydrogen) atoms. The van der Waals surface area contributed by atoms with Crippen LogP contribution in [0.2, 0.25) is 0 Å². The van der Waals surface area contributed by atoms with Crippen molar-refractivity contribution < 1.29 is 9.59 Å². The fourth-order valence-electron chi connectivity index (χ4n) is 4.81. The Balaban J connectivity index is 1.72.